The Bertz CT molecular complexity index is 463. The molecule has 0 aliphatic heterocycles. The van der Waals surface area contributed by atoms with E-state index in [0.717, 1.165) is 35.4 Å². The van der Waals surface area contributed by atoms with Crippen LogP contribution in [0.5, 0.6) is 5.75 Å². The van der Waals surface area contributed by atoms with Crippen LogP contribution in [0.4, 0.5) is 0 Å². The Kier molecular flexibility index (Phi) is 3.47. The van der Waals surface area contributed by atoms with Crippen LogP contribution in [0, 0.1) is 0 Å². The molecule has 0 spiro atoms. The summed E-state index contributed by atoms with van der Waals surface area (Å²) in [6.07, 6.45) is 2.90. The quantitative estimate of drug-likeness (QED) is 0.867. The third kappa shape index (κ3) is 2.49. The number of rotatable bonds is 3. The highest BCUT2D eigenvalue weighted by atomic mass is 16.5. The highest BCUT2D eigenvalue weighted by molar-refractivity contribution is 5.97. The van der Waals surface area contributed by atoms with Gasteiger partial charge in [-0.25, -0.2) is 0 Å². The van der Waals surface area contributed by atoms with Gasteiger partial charge in [-0.3, -0.25) is 4.79 Å². The first kappa shape index (κ1) is 11.7. The molecular weight excluding hydrogens is 214 g/mol. The Labute approximate surface area is 101 Å². The van der Waals surface area contributed by atoms with Crippen LogP contribution in [0.15, 0.2) is 35.5 Å². The highest BCUT2D eigenvalue weighted by Gasteiger charge is 2.19. The van der Waals surface area contributed by atoms with E-state index in [4.69, 9.17) is 10.5 Å². The molecule has 0 amide bonds. The summed E-state index contributed by atoms with van der Waals surface area (Å²) in [5.41, 5.74) is 8.45. The van der Waals surface area contributed by atoms with E-state index < -0.39 is 0 Å². The van der Waals surface area contributed by atoms with Crippen molar-refractivity contribution in [2.45, 2.75) is 25.7 Å². The van der Waals surface area contributed by atoms with Crippen LogP contribution in [-0.2, 0) is 11.2 Å². The van der Waals surface area contributed by atoms with E-state index >= 15 is 0 Å². The summed E-state index contributed by atoms with van der Waals surface area (Å²) in [5.74, 6) is 0.992. The molecule has 90 valence electrons. The Morgan fingerprint density at radius 3 is 2.76 bits per heavy atom. The van der Waals surface area contributed by atoms with E-state index in [9.17, 15) is 4.79 Å². The first-order valence-corrected chi connectivity index (χ1v) is 5.85. The summed E-state index contributed by atoms with van der Waals surface area (Å²) < 4.78 is 5.28. The smallest absolute Gasteiger partial charge is 0.160 e. The van der Waals surface area contributed by atoms with E-state index in [2.05, 4.69) is 0 Å². The topological polar surface area (TPSA) is 52.3 Å². The number of nitrogens with two attached hydrogens (primary N) is 1. The molecule has 0 saturated carbocycles. The van der Waals surface area contributed by atoms with Crippen molar-refractivity contribution >= 4 is 5.78 Å². The molecule has 0 radical (unpaired) electrons. The van der Waals surface area contributed by atoms with Gasteiger partial charge in [0.15, 0.2) is 5.78 Å². The lowest BCUT2D eigenvalue weighted by atomic mass is 9.90. The molecule has 17 heavy (non-hydrogen) atoms. The number of Topliss-reactive ketones (excluding diaryl/α,β-unsaturated/α-hetero) is 1. The van der Waals surface area contributed by atoms with E-state index in [1.165, 1.54) is 0 Å². The van der Waals surface area contributed by atoms with Crippen LogP contribution in [0.25, 0.3) is 0 Å². The summed E-state index contributed by atoms with van der Waals surface area (Å²) in [6.45, 7) is 0. The standard InChI is InChI=1S/C14H17NO2/c1-17-14-8-3-2-5-10(14)9-11-12(15)6-4-7-13(11)16/h2-3,5,8H,4,6-7,9,15H2,1H3. The maximum Gasteiger partial charge on any atom is 0.160 e. The molecule has 1 aromatic rings. The van der Waals surface area contributed by atoms with Crippen LogP contribution in [0.3, 0.4) is 0 Å². The van der Waals surface area contributed by atoms with Gasteiger partial charge in [-0.05, 0) is 24.5 Å². The molecule has 1 aliphatic rings. The molecule has 2 rings (SSSR count). The van der Waals surface area contributed by atoms with Crippen molar-refractivity contribution in [1.82, 2.24) is 0 Å². The number of hydrogen-bond acceptors (Lipinski definition) is 3. The highest BCUT2D eigenvalue weighted by Crippen LogP contribution is 2.26. The van der Waals surface area contributed by atoms with Gasteiger partial charge in [0, 0.05) is 24.1 Å². The molecule has 0 aromatic heterocycles. The van der Waals surface area contributed by atoms with Crippen molar-refractivity contribution in [3.05, 3.63) is 41.1 Å². The number of benzene rings is 1. The van der Waals surface area contributed by atoms with Crippen molar-refractivity contribution in [3.8, 4) is 5.75 Å². The van der Waals surface area contributed by atoms with Crippen LogP contribution in [0.1, 0.15) is 24.8 Å². The third-order valence-electron chi connectivity index (χ3n) is 3.13. The zero-order valence-corrected chi connectivity index (χ0v) is 10.0. The van der Waals surface area contributed by atoms with Crippen LogP contribution in [-0.4, -0.2) is 12.9 Å². The summed E-state index contributed by atoms with van der Waals surface area (Å²) in [7, 11) is 1.64. The lowest BCUT2D eigenvalue weighted by Gasteiger charge is -2.17. The zero-order valence-electron chi connectivity index (χ0n) is 10.0. The molecule has 0 saturated heterocycles. The zero-order chi connectivity index (χ0) is 12.3. The molecule has 3 nitrogen and oxygen atoms in total. The SMILES string of the molecule is COc1ccccc1CC1=C(N)CCCC1=O. The number of methoxy groups -OCH3 is 1. The van der Waals surface area contributed by atoms with Crippen molar-refractivity contribution < 1.29 is 9.53 Å². The number of carbonyl (C=O) groups excluding carboxylic acids is 1. The number of ether oxygens (including phenoxy) is 1. The maximum absolute atomic E-state index is 11.8. The second-order valence-corrected chi connectivity index (χ2v) is 4.27. The molecule has 0 bridgehead atoms. The van der Waals surface area contributed by atoms with Gasteiger partial charge in [-0.15, -0.1) is 0 Å². The minimum absolute atomic E-state index is 0.180. The first-order valence-electron chi connectivity index (χ1n) is 5.85. The minimum atomic E-state index is 0.180. The number of hydrogen-bond donors (Lipinski definition) is 1. The normalized spacial score (nSPS) is 16.2. The number of ketones is 1. The van der Waals surface area contributed by atoms with Crippen LogP contribution >= 0.6 is 0 Å². The fourth-order valence-corrected chi connectivity index (χ4v) is 2.17. The molecular formula is C14H17NO2. The summed E-state index contributed by atoms with van der Waals surface area (Å²) in [4.78, 5) is 11.8. The van der Waals surface area contributed by atoms with Gasteiger partial charge in [0.05, 0.1) is 7.11 Å². The van der Waals surface area contributed by atoms with Gasteiger partial charge < -0.3 is 10.5 Å². The maximum atomic E-state index is 11.8. The Morgan fingerprint density at radius 1 is 1.29 bits per heavy atom. The molecule has 1 aromatic carbocycles. The summed E-state index contributed by atoms with van der Waals surface area (Å²) in [6, 6.07) is 7.74. The predicted octanol–water partition coefficient (Wildman–Crippen LogP) is 2.20. The predicted molar refractivity (Wildman–Crippen MR) is 66.8 cm³/mol. The first-order chi connectivity index (χ1) is 8.22. The van der Waals surface area contributed by atoms with Gasteiger partial charge in [0.1, 0.15) is 5.75 Å². The minimum Gasteiger partial charge on any atom is -0.496 e. The van der Waals surface area contributed by atoms with E-state index in [1.807, 2.05) is 24.3 Å². The van der Waals surface area contributed by atoms with E-state index in [-0.39, 0.29) is 5.78 Å². The fourth-order valence-electron chi connectivity index (χ4n) is 2.17. The molecule has 0 atom stereocenters. The second-order valence-electron chi connectivity index (χ2n) is 4.27. The number of carbonyl (C=O) groups is 1. The van der Waals surface area contributed by atoms with Gasteiger partial charge in [-0.1, -0.05) is 18.2 Å². The van der Waals surface area contributed by atoms with Crippen molar-refractivity contribution in [2.75, 3.05) is 7.11 Å². The lowest BCUT2D eigenvalue weighted by Crippen LogP contribution is -2.18. The van der Waals surface area contributed by atoms with E-state index in [0.29, 0.717) is 12.8 Å². The molecule has 3 heteroatoms. The molecule has 2 N–H and O–H groups in total. The number of para-hydroxylation sites is 1. The summed E-state index contributed by atoms with van der Waals surface area (Å²) >= 11 is 0. The Balaban J connectivity index is 2.28. The second kappa shape index (κ2) is 5.04. The number of allylic oxidation sites excluding steroid dienone is 2. The Hall–Kier alpha value is -1.77. The third-order valence-corrected chi connectivity index (χ3v) is 3.13. The van der Waals surface area contributed by atoms with Crippen LogP contribution < -0.4 is 10.5 Å². The van der Waals surface area contributed by atoms with Crippen molar-refractivity contribution in [3.63, 3.8) is 0 Å². The summed E-state index contributed by atoms with van der Waals surface area (Å²) in [5, 5.41) is 0. The van der Waals surface area contributed by atoms with Gasteiger partial charge in [0.2, 0.25) is 0 Å². The largest absolute Gasteiger partial charge is 0.496 e. The van der Waals surface area contributed by atoms with Gasteiger partial charge >= 0.3 is 0 Å². The van der Waals surface area contributed by atoms with Gasteiger partial charge in [0.25, 0.3) is 0 Å². The average Bonchev–Trinajstić information content (AvgIpc) is 2.34. The monoisotopic (exact) mass is 231 g/mol. The molecule has 0 fully saturated rings. The Morgan fingerprint density at radius 2 is 2.06 bits per heavy atom. The van der Waals surface area contributed by atoms with Crippen molar-refractivity contribution in [2.24, 2.45) is 5.73 Å². The average molecular weight is 231 g/mol. The van der Waals surface area contributed by atoms with Gasteiger partial charge in [-0.2, -0.15) is 0 Å². The molecule has 0 heterocycles. The van der Waals surface area contributed by atoms with E-state index in [1.54, 1.807) is 7.11 Å². The van der Waals surface area contributed by atoms with Crippen molar-refractivity contribution in [1.29, 1.82) is 0 Å². The fraction of sp³-hybridized carbons (Fsp3) is 0.357. The molecule has 0 unspecified atom stereocenters. The molecule has 1 aliphatic carbocycles. The van der Waals surface area contributed by atoms with Crippen LogP contribution in [0.2, 0.25) is 0 Å². The lowest BCUT2D eigenvalue weighted by molar-refractivity contribution is -0.116.